The van der Waals surface area contributed by atoms with E-state index < -0.39 is 5.97 Å². The first-order valence-corrected chi connectivity index (χ1v) is 6.51. The highest BCUT2D eigenvalue weighted by molar-refractivity contribution is 6.00. The summed E-state index contributed by atoms with van der Waals surface area (Å²) in [7, 11) is 0. The lowest BCUT2D eigenvalue weighted by Crippen LogP contribution is -1.97. The van der Waals surface area contributed by atoms with Gasteiger partial charge in [0.1, 0.15) is 11.6 Å². The number of nitrogens with one attached hydrogen (secondary N) is 1. The Hall–Kier alpha value is -2.89. The fourth-order valence-electron chi connectivity index (χ4n) is 2.16. The summed E-state index contributed by atoms with van der Waals surface area (Å²) in [6.07, 6.45) is 1.44. The standard InChI is InChI=1S/C15H13N3O3/c1-2-21-11-6-4-3-5-9(11)13-17-12-10(15(19)20)7-8-16-14(12)18-13/h3-8H,2H2,1H3,(H,19,20)(H,16,17,18). The predicted molar refractivity (Wildman–Crippen MR) is 77.5 cm³/mol. The molecule has 6 heteroatoms. The normalized spacial score (nSPS) is 10.7. The van der Waals surface area contributed by atoms with Crippen LogP contribution in [0.15, 0.2) is 36.5 Å². The van der Waals surface area contributed by atoms with Gasteiger partial charge in [-0.3, -0.25) is 0 Å². The van der Waals surface area contributed by atoms with E-state index in [0.717, 1.165) is 5.56 Å². The maximum atomic E-state index is 11.2. The molecular weight excluding hydrogens is 270 g/mol. The number of pyridine rings is 1. The minimum atomic E-state index is -1.02. The van der Waals surface area contributed by atoms with Gasteiger partial charge in [-0.1, -0.05) is 12.1 Å². The number of carboxylic acid groups (broad SMARTS) is 1. The Labute approximate surface area is 120 Å². The molecule has 0 radical (unpaired) electrons. The van der Waals surface area contributed by atoms with Gasteiger partial charge in [0.2, 0.25) is 0 Å². The van der Waals surface area contributed by atoms with Gasteiger partial charge >= 0.3 is 5.97 Å². The average Bonchev–Trinajstić information content (AvgIpc) is 2.91. The van der Waals surface area contributed by atoms with Gasteiger partial charge in [-0.15, -0.1) is 0 Å². The summed E-state index contributed by atoms with van der Waals surface area (Å²) in [5, 5.41) is 9.20. The summed E-state index contributed by atoms with van der Waals surface area (Å²) in [4.78, 5) is 22.7. The van der Waals surface area contributed by atoms with E-state index in [1.54, 1.807) is 0 Å². The van der Waals surface area contributed by atoms with Gasteiger partial charge in [0, 0.05) is 6.20 Å². The first-order chi connectivity index (χ1) is 10.2. The molecule has 2 N–H and O–H groups in total. The minimum Gasteiger partial charge on any atom is -0.493 e. The molecule has 106 valence electrons. The molecule has 1 aromatic carbocycles. The Kier molecular flexibility index (Phi) is 3.27. The van der Waals surface area contributed by atoms with Crippen molar-refractivity contribution < 1.29 is 14.6 Å². The van der Waals surface area contributed by atoms with Crippen LogP contribution in [-0.4, -0.2) is 32.6 Å². The lowest BCUT2D eigenvalue weighted by molar-refractivity contribution is 0.0698. The number of hydrogen-bond donors (Lipinski definition) is 2. The molecule has 6 nitrogen and oxygen atoms in total. The quantitative estimate of drug-likeness (QED) is 0.768. The number of imidazole rings is 1. The van der Waals surface area contributed by atoms with Crippen LogP contribution in [0.1, 0.15) is 17.3 Å². The lowest BCUT2D eigenvalue weighted by Gasteiger charge is -2.07. The number of aromatic carboxylic acids is 1. The van der Waals surface area contributed by atoms with Crippen molar-refractivity contribution in [1.29, 1.82) is 0 Å². The van der Waals surface area contributed by atoms with Gasteiger partial charge in [0.05, 0.1) is 23.3 Å². The number of H-pyrrole nitrogens is 1. The van der Waals surface area contributed by atoms with Crippen molar-refractivity contribution in [2.45, 2.75) is 6.92 Å². The molecule has 2 aromatic heterocycles. The molecule has 0 saturated heterocycles. The van der Waals surface area contributed by atoms with Gasteiger partial charge in [-0.05, 0) is 25.1 Å². The second kappa shape index (κ2) is 5.24. The van der Waals surface area contributed by atoms with E-state index in [1.807, 2.05) is 31.2 Å². The van der Waals surface area contributed by atoms with Gasteiger partial charge in [0.25, 0.3) is 0 Å². The third-order valence-electron chi connectivity index (χ3n) is 3.06. The Balaban J connectivity index is 2.18. The molecule has 3 rings (SSSR count). The number of fused-ring (bicyclic) bond motifs is 1. The topological polar surface area (TPSA) is 88.1 Å². The first-order valence-electron chi connectivity index (χ1n) is 6.51. The average molecular weight is 283 g/mol. The van der Waals surface area contributed by atoms with Crippen molar-refractivity contribution in [3.05, 3.63) is 42.1 Å². The number of aromatic nitrogens is 3. The Morgan fingerprint density at radius 1 is 1.33 bits per heavy atom. The number of para-hydroxylation sites is 1. The number of rotatable bonds is 4. The highest BCUT2D eigenvalue weighted by Crippen LogP contribution is 2.29. The number of benzene rings is 1. The van der Waals surface area contributed by atoms with E-state index in [-0.39, 0.29) is 5.56 Å². The van der Waals surface area contributed by atoms with E-state index >= 15 is 0 Å². The molecule has 2 heterocycles. The lowest BCUT2D eigenvalue weighted by atomic mass is 10.2. The fourth-order valence-corrected chi connectivity index (χ4v) is 2.16. The largest absolute Gasteiger partial charge is 0.493 e. The number of hydrogen-bond acceptors (Lipinski definition) is 4. The fraction of sp³-hybridized carbons (Fsp3) is 0.133. The summed E-state index contributed by atoms with van der Waals surface area (Å²) >= 11 is 0. The summed E-state index contributed by atoms with van der Waals surface area (Å²) in [6, 6.07) is 8.90. The molecule has 0 unspecified atom stereocenters. The number of ether oxygens (including phenoxy) is 1. The first kappa shape index (κ1) is 13.1. The summed E-state index contributed by atoms with van der Waals surface area (Å²) in [6.45, 7) is 2.44. The molecule has 0 fully saturated rings. The van der Waals surface area contributed by atoms with Crippen LogP contribution in [0.4, 0.5) is 0 Å². The van der Waals surface area contributed by atoms with Crippen LogP contribution in [-0.2, 0) is 0 Å². The van der Waals surface area contributed by atoms with Gasteiger partial charge < -0.3 is 14.8 Å². The summed E-state index contributed by atoms with van der Waals surface area (Å²) in [5.41, 5.74) is 1.70. The van der Waals surface area contributed by atoms with E-state index in [4.69, 9.17) is 4.74 Å². The summed E-state index contributed by atoms with van der Waals surface area (Å²) < 4.78 is 5.57. The van der Waals surface area contributed by atoms with Crippen molar-refractivity contribution in [2.75, 3.05) is 6.61 Å². The second-order valence-electron chi connectivity index (χ2n) is 4.38. The van der Waals surface area contributed by atoms with E-state index in [0.29, 0.717) is 29.3 Å². The SMILES string of the molecule is CCOc1ccccc1-c1nc2nccc(C(=O)O)c2[nH]1. The van der Waals surface area contributed by atoms with Crippen LogP contribution in [0.5, 0.6) is 5.75 Å². The molecule has 0 aliphatic rings. The molecular formula is C15H13N3O3. The molecule has 0 aliphatic carbocycles. The van der Waals surface area contributed by atoms with Gasteiger partial charge in [-0.25, -0.2) is 14.8 Å². The Morgan fingerprint density at radius 3 is 2.90 bits per heavy atom. The van der Waals surface area contributed by atoms with Crippen molar-refractivity contribution in [1.82, 2.24) is 15.0 Å². The number of aromatic amines is 1. The smallest absolute Gasteiger partial charge is 0.338 e. The summed E-state index contributed by atoms with van der Waals surface area (Å²) in [5.74, 6) is 0.210. The molecule has 0 saturated carbocycles. The Morgan fingerprint density at radius 2 is 2.14 bits per heavy atom. The van der Waals surface area contributed by atoms with Crippen LogP contribution in [0, 0.1) is 0 Å². The molecule has 0 aliphatic heterocycles. The van der Waals surface area contributed by atoms with Crippen LogP contribution < -0.4 is 4.74 Å². The van der Waals surface area contributed by atoms with Crippen LogP contribution >= 0.6 is 0 Å². The second-order valence-corrected chi connectivity index (χ2v) is 4.38. The zero-order chi connectivity index (χ0) is 14.8. The maximum absolute atomic E-state index is 11.2. The molecule has 0 bridgehead atoms. The Bertz CT molecular complexity index is 811. The monoisotopic (exact) mass is 283 g/mol. The third kappa shape index (κ3) is 2.31. The highest BCUT2D eigenvalue weighted by atomic mass is 16.5. The van der Waals surface area contributed by atoms with Crippen molar-refractivity contribution in [3.63, 3.8) is 0 Å². The van der Waals surface area contributed by atoms with Crippen LogP contribution in [0.25, 0.3) is 22.6 Å². The zero-order valence-corrected chi connectivity index (χ0v) is 11.3. The highest BCUT2D eigenvalue weighted by Gasteiger charge is 2.15. The molecule has 0 amide bonds. The maximum Gasteiger partial charge on any atom is 0.338 e. The van der Waals surface area contributed by atoms with Crippen molar-refractivity contribution >= 4 is 17.1 Å². The predicted octanol–water partition coefficient (Wildman–Crippen LogP) is 2.72. The van der Waals surface area contributed by atoms with E-state index in [9.17, 15) is 9.90 Å². The van der Waals surface area contributed by atoms with Gasteiger partial charge in [-0.2, -0.15) is 0 Å². The number of carbonyl (C=O) groups is 1. The van der Waals surface area contributed by atoms with E-state index in [2.05, 4.69) is 15.0 Å². The van der Waals surface area contributed by atoms with Gasteiger partial charge in [0.15, 0.2) is 5.65 Å². The van der Waals surface area contributed by atoms with Crippen LogP contribution in [0.2, 0.25) is 0 Å². The van der Waals surface area contributed by atoms with Crippen LogP contribution in [0.3, 0.4) is 0 Å². The molecule has 3 aromatic rings. The van der Waals surface area contributed by atoms with Crippen molar-refractivity contribution in [2.24, 2.45) is 0 Å². The minimum absolute atomic E-state index is 0.146. The number of carboxylic acids is 1. The zero-order valence-electron chi connectivity index (χ0n) is 11.3. The molecule has 21 heavy (non-hydrogen) atoms. The van der Waals surface area contributed by atoms with E-state index in [1.165, 1.54) is 12.3 Å². The third-order valence-corrected chi connectivity index (χ3v) is 3.06. The van der Waals surface area contributed by atoms with Crippen molar-refractivity contribution in [3.8, 4) is 17.1 Å². The molecule has 0 spiro atoms. The number of nitrogens with zero attached hydrogens (tertiary/aromatic N) is 2. The molecule has 0 atom stereocenters.